The Balaban J connectivity index is 1.76. The zero-order valence-electron chi connectivity index (χ0n) is 12.8. The Morgan fingerprint density at radius 3 is 2.87 bits per heavy atom. The van der Waals surface area contributed by atoms with Crippen molar-refractivity contribution in [3.05, 3.63) is 17.6 Å². The van der Waals surface area contributed by atoms with Crippen LogP contribution in [0.15, 0.2) is 22.6 Å². The monoisotopic (exact) mass is 327 g/mol. The largest absolute Gasteiger partial charge is 0.474 e. The first-order chi connectivity index (χ1) is 11.1. The van der Waals surface area contributed by atoms with E-state index < -0.39 is 6.61 Å². The highest BCUT2D eigenvalue weighted by Gasteiger charge is 2.25. The molecule has 0 unspecified atom stereocenters. The van der Waals surface area contributed by atoms with Crippen molar-refractivity contribution in [1.29, 1.82) is 0 Å². The molecule has 3 heterocycles. The van der Waals surface area contributed by atoms with Crippen LogP contribution in [-0.2, 0) is 4.74 Å². The number of nitrogens with one attached hydrogen (secondary N) is 2. The Bertz CT molecular complexity index is 596. The summed E-state index contributed by atoms with van der Waals surface area (Å²) in [4.78, 5) is 6.11. The van der Waals surface area contributed by atoms with Crippen LogP contribution in [-0.4, -0.2) is 48.8 Å². The minimum absolute atomic E-state index is 0.108. The van der Waals surface area contributed by atoms with E-state index in [0.717, 1.165) is 31.6 Å². The highest BCUT2D eigenvalue weighted by atomic mass is 19.3. The van der Waals surface area contributed by atoms with Crippen LogP contribution in [0.5, 0.6) is 5.88 Å². The summed E-state index contributed by atoms with van der Waals surface area (Å²) < 4.78 is 35.0. The maximum atomic E-state index is 12.3. The number of allylic oxidation sites excluding steroid dienone is 1. The maximum Gasteiger partial charge on any atom is 0.388 e. The third-order valence-corrected chi connectivity index (χ3v) is 3.71. The van der Waals surface area contributed by atoms with Crippen LogP contribution in [0, 0.1) is 0 Å². The molecule has 2 aliphatic rings. The summed E-state index contributed by atoms with van der Waals surface area (Å²) in [6.45, 7) is 1.24. The number of anilines is 1. The molecule has 3 rings (SSSR count). The lowest BCUT2D eigenvalue weighted by Gasteiger charge is -2.32. The number of piperidine rings is 1. The molecule has 0 saturated carbocycles. The van der Waals surface area contributed by atoms with Gasteiger partial charge in [-0.05, 0) is 32.9 Å². The number of hydrogen-bond donors (Lipinski definition) is 2. The molecule has 2 N–H and O–H groups in total. The number of H-pyrrole nitrogens is 1. The zero-order chi connectivity index (χ0) is 16.2. The normalized spacial score (nSPS) is 19.6. The van der Waals surface area contributed by atoms with Gasteiger partial charge in [-0.15, -0.1) is 5.10 Å². The molecule has 2 aliphatic heterocycles. The van der Waals surface area contributed by atoms with Gasteiger partial charge in [-0.25, -0.2) is 0 Å². The fourth-order valence-corrected chi connectivity index (χ4v) is 2.60. The van der Waals surface area contributed by atoms with Gasteiger partial charge in [0.05, 0.1) is 12.2 Å². The van der Waals surface area contributed by atoms with E-state index >= 15 is 0 Å². The second-order valence-corrected chi connectivity index (χ2v) is 5.35. The van der Waals surface area contributed by atoms with E-state index in [4.69, 9.17) is 4.74 Å². The van der Waals surface area contributed by atoms with Gasteiger partial charge < -0.3 is 14.8 Å². The maximum absolute atomic E-state index is 12.3. The molecule has 126 valence electrons. The van der Waals surface area contributed by atoms with Crippen molar-refractivity contribution < 1.29 is 18.3 Å². The third-order valence-electron chi connectivity index (χ3n) is 3.71. The molecule has 1 aromatic heterocycles. The Labute approximate surface area is 132 Å². The highest BCUT2D eigenvalue weighted by Crippen LogP contribution is 2.28. The number of nitrogens with zero attached hydrogens (tertiary/aromatic N) is 3. The van der Waals surface area contributed by atoms with Gasteiger partial charge in [0.2, 0.25) is 11.8 Å². The second kappa shape index (κ2) is 6.95. The molecule has 1 fully saturated rings. The van der Waals surface area contributed by atoms with Crippen molar-refractivity contribution in [3.63, 3.8) is 0 Å². The fourth-order valence-electron chi connectivity index (χ4n) is 2.60. The molecule has 1 aromatic rings. The lowest BCUT2D eigenvalue weighted by atomic mass is 10.1. The minimum Gasteiger partial charge on any atom is -0.474 e. The summed E-state index contributed by atoms with van der Waals surface area (Å²) in [6.07, 6.45) is 3.67. The molecule has 1 saturated heterocycles. The van der Waals surface area contributed by atoms with Gasteiger partial charge in [0.25, 0.3) is 0 Å². The molecule has 9 heteroatoms. The van der Waals surface area contributed by atoms with E-state index in [1.54, 1.807) is 6.21 Å². The van der Waals surface area contributed by atoms with Crippen LogP contribution in [0.2, 0.25) is 0 Å². The number of aromatic amines is 1. The lowest BCUT2D eigenvalue weighted by Crippen LogP contribution is -2.37. The van der Waals surface area contributed by atoms with Crippen molar-refractivity contribution in [2.24, 2.45) is 4.99 Å². The molecule has 0 bridgehead atoms. The van der Waals surface area contributed by atoms with Crippen molar-refractivity contribution in [3.8, 4) is 5.88 Å². The molecule has 0 spiro atoms. The first kappa shape index (κ1) is 15.7. The average molecular weight is 327 g/mol. The van der Waals surface area contributed by atoms with Gasteiger partial charge in [-0.3, -0.25) is 15.0 Å². The number of ether oxygens (including phenoxy) is 2. The molecule has 0 aliphatic carbocycles. The molecule has 7 nitrogen and oxygen atoms in total. The van der Waals surface area contributed by atoms with Crippen LogP contribution >= 0.6 is 0 Å². The summed E-state index contributed by atoms with van der Waals surface area (Å²) in [7, 11) is 0. The Morgan fingerprint density at radius 2 is 2.13 bits per heavy atom. The second-order valence-electron chi connectivity index (χ2n) is 5.35. The summed E-state index contributed by atoms with van der Waals surface area (Å²) in [5, 5.41) is 9.72. The van der Waals surface area contributed by atoms with Crippen LogP contribution < -0.4 is 15.0 Å². The summed E-state index contributed by atoms with van der Waals surface area (Å²) >= 11 is 0. The summed E-state index contributed by atoms with van der Waals surface area (Å²) in [5.41, 5.74) is 0.737. The molecule has 0 amide bonds. The fraction of sp³-hybridized carbons (Fsp3) is 0.571. The number of halogens is 2. The number of aromatic nitrogens is 2. The lowest BCUT2D eigenvalue weighted by molar-refractivity contribution is -0.0528. The molecule has 23 heavy (non-hydrogen) atoms. The van der Waals surface area contributed by atoms with Gasteiger partial charge in [0.1, 0.15) is 11.9 Å². The number of hydrogen-bond acceptors (Lipinski definition) is 6. The topological polar surface area (TPSA) is 74.8 Å². The van der Waals surface area contributed by atoms with E-state index in [1.165, 1.54) is 6.07 Å². The number of rotatable bonds is 5. The quantitative estimate of drug-likeness (QED) is 0.863. The van der Waals surface area contributed by atoms with Crippen LogP contribution in [0.25, 0.3) is 0 Å². The highest BCUT2D eigenvalue weighted by molar-refractivity contribution is 5.70. The van der Waals surface area contributed by atoms with E-state index in [9.17, 15) is 8.78 Å². The van der Waals surface area contributed by atoms with Gasteiger partial charge in [0.15, 0.2) is 0 Å². The summed E-state index contributed by atoms with van der Waals surface area (Å²) in [5.74, 6) is 0.984. The third kappa shape index (κ3) is 3.79. The summed E-state index contributed by atoms with van der Waals surface area (Å²) in [6, 6.07) is 1.42. The molecule has 0 radical (unpaired) electrons. The first-order valence-corrected chi connectivity index (χ1v) is 7.52. The van der Waals surface area contributed by atoms with Crippen molar-refractivity contribution in [2.45, 2.75) is 32.5 Å². The minimum atomic E-state index is -2.91. The van der Waals surface area contributed by atoms with Crippen LogP contribution in [0.4, 0.5) is 14.6 Å². The van der Waals surface area contributed by atoms with Gasteiger partial charge in [0, 0.05) is 12.3 Å². The van der Waals surface area contributed by atoms with Gasteiger partial charge in [-0.2, -0.15) is 8.78 Å². The molecule has 0 atom stereocenters. The van der Waals surface area contributed by atoms with Gasteiger partial charge in [-0.1, -0.05) is 0 Å². The van der Waals surface area contributed by atoms with Crippen LogP contribution in [0.1, 0.15) is 19.8 Å². The zero-order valence-corrected chi connectivity index (χ0v) is 12.8. The first-order valence-electron chi connectivity index (χ1n) is 7.52. The molecular formula is C14H19F2N5O2. The van der Waals surface area contributed by atoms with Crippen molar-refractivity contribution >= 4 is 12.0 Å². The van der Waals surface area contributed by atoms with E-state index in [-0.39, 0.29) is 12.0 Å². The van der Waals surface area contributed by atoms with E-state index in [1.807, 2.05) is 11.8 Å². The van der Waals surface area contributed by atoms with Crippen molar-refractivity contribution in [1.82, 2.24) is 15.5 Å². The molecule has 0 aromatic carbocycles. The standard InChI is InChI=1S/C14H19F2N5O2/c1-9-13(22-10-2-4-17-5-3-10)21(7-6-18-9)11-8-12(20-19-11)23-14(15)16/h6,8,10,14,17H,2-5,7H2,1H3,(H,19,20). The number of alkyl halides is 2. The molecular weight excluding hydrogens is 308 g/mol. The van der Waals surface area contributed by atoms with Gasteiger partial charge >= 0.3 is 6.61 Å². The van der Waals surface area contributed by atoms with E-state index in [0.29, 0.717) is 18.2 Å². The predicted molar refractivity (Wildman–Crippen MR) is 80.7 cm³/mol. The van der Waals surface area contributed by atoms with Crippen LogP contribution in [0.3, 0.4) is 0 Å². The smallest absolute Gasteiger partial charge is 0.388 e. The van der Waals surface area contributed by atoms with E-state index in [2.05, 4.69) is 25.2 Å². The van der Waals surface area contributed by atoms with Crippen molar-refractivity contribution in [2.75, 3.05) is 24.5 Å². The SMILES string of the molecule is CC1=C(OC2CCNCC2)N(c2cc(OC(F)F)n[nH]2)CC=N1. The average Bonchev–Trinajstić information content (AvgIpc) is 2.98. The number of aliphatic imine (C=N–C) groups is 1. The Kier molecular flexibility index (Phi) is 4.75. The Morgan fingerprint density at radius 1 is 1.35 bits per heavy atom. The Hall–Kier alpha value is -2.16. The predicted octanol–water partition coefficient (Wildman–Crippen LogP) is 1.86.